The van der Waals surface area contributed by atoms with Crippen LogP contribution >= 0.6 is 23.2 Å². The molecule has 0 radical (unpaired) electrons. The lowest BCUT2D eigenvalue weighted by Crippen LogP contribution is -2.06. The minimum absolute atomic E-state index is 0.103. The summed E-state index contributed by atoms with van der Waals surface area (Å²) in [5.74, 6) is -1.23. The first-order chi connectivity index (χ1) is 9.92. The first-order valence-corrected chi connectivity index (χ1v) is 6.57. The van der Waals surface area contributed by atoms with Crippen molar-refractivity contribution in [1.82, 2.24) is 0 Å². The van der Waals surface area contributed by atoms with E-state index in [1.165, 1.54) is 25.3 Å². The van der Waals surface area contributed by atoms with E-state index in [9.17, 15) is 9.18 Å². The van der Waals surface area contributed by atoms with Gasteiger partial charge in [0.25, 0.3) is 0 Å². The number of benzene rings is 2. The highest BCUT2D eigenvalue weighted by molar-refractivity contribution is 6.35. The Labute approximate surface area is 130 Å². The number of hydrogen-bond donors (Lipinski definition) is 2. The minimum atomic E-state index is -0.684. The standard InChI is InChI=1S/C14H11Cl2FN2O2/c1-21-14(20)9-4-7(2-3-12(9)18)19-8-5-10(15)13(17)11(16)6-8/h2-6,19H,18H2,1H3. The molecule has 0 bridgehead atoms. The number of esters is 1. The maximum Gasteiger partial charge on any atom is 0.340 e. The van der Waals surface area contributed by atoms with Crippen LogP contribution in [-0.2, 0) is 4.74 Å². The Bertz CT molecular complexity index is 684. The summed E-state index contributed by atoms with van der Waals surface area (Å²) in [4.78, 5) is 11.6. The van der Waals surface area contributed by atoms with Crippen molar-refractivity contribution in [3.8, 4) is 0 Å². The molecule has 0 amide bonds. The van der Waals surface area contributed by atoms with Crippen LogP contribution in [0, 0.1) is 5.82 Å². The van der Waals surface area contributed by atoms with Crippen molar-refractivity contribution in [2.45, 2.75) is 0 Å². The molecular weight excluding hydrogens is 318 g/mol. The number of rotatable bonds is 3. The van der Waals surface area contributed by atoms with Crippen LogP contribution in [0.25, 0.3) is 0 Å². The van der Waals surface area contributed by atoms with Gasteiger partial charge in [-0.2, -0.15) is 0 Å². The van der Waals surface area contributed by atoms with E-state index >= 15 is 0 Å². The van der Waals surface area contributed by atoms with Gasteiger partial charge in [0, 0.05) is 17.1 Å². The molecule has 21 heavy (non-hydrogen) atoms. The molecule has 2 aromatic carbocycles. The van der Waals surface area contributed by atoms with Crippen molar-refractivity contribution in [2.24, 2.45) is 0 Å². The van der Waals surface area contributed by atoms with E-state index in [2.05, 4.69) is 10.1 Å². The number of carbonyl (C=O) groups excluding carboxylic acids is 1. The molecule has 0 aromatic heterocycles. The Kier molecular flexibility index (Phi) is 4.55. The van der Waals surface area contributed by atoms with E-state index in [1.54, 1.807) is 12.1 Å². The monoisotopic (exact) mass is 328 g/mol. The molecule has 7 heteroatoms. The van der Waals surface area contributed by atoms with Crippen molar-refractivity contribution in [3.05, 3.63) is 51.8 Å². The molecule has 2 aromatic rings. The molecule has 0 atom stereocenters. The number of nitrogens with one attached hydrogen (secondary N) is 1. The normalized spacial score (nSPS) is 10.3. The van der Waals surface area contributed by atoms with Crippen molar-refractivity contribution in [2.75, 3.05) is 18.2 Å². The van der Waals surface area contributed by atoms with Crippen LogP contribution in [0.2, 0.25) is 10.0 Å². The van der Waals surface area contributed by atoms with Crippen molar-refractivity contribution in [3.63, 3.8) is 0 Å². The number of carbonyl (C=O) groups is 1. The van der Waals surface area contributed by atoms with E-state index in [4.69, 9.17) is 28.9 Å². The lowest BCUT2D eigenvalue weighted by molar-refractivity contribution is 0.0602. The topological polar surface area (TPSA) is 64.3 Å². The molecule has 0 aliphatic carbocycles. The van der Waals surface area contributed by atoms with Gasteiger partial charge in [0.15, 0.2) is 5.82 Å². The van der Waals surface area contributed by atoms with Crippen LogP contribution in [-0.4, -0.2) is 13.1 Å². The predicted molar refractivity (Wildman–Crippen MR) is 81.9 cm³/mol. The SMILES string of the molecule is COC(=O)c1cc(Nc2cc(Cl)c(F)c(Cl)c2)ccc1N. The first-order valence-electron chi connectivity index (χ1n) is 5.81. The highest BCUT2D eigenvalue weighted by Crippen LogP contribution is 2.30. The van der Waals surface area contributed by atoms with E-state index in [0.29, 0.717) is 17.1 Å². The van der Waals surface area contributed by atoms with Crippen LogP contribution in [0.3, 0.4) is 0 Å². The van der Waals surface area contributed by atoms with Crippen molar-refractivity contribution < 1.29 is 13.9 Å². The van der Waals surface area contributed by atoms with Crippen LogP contribution < -0.4 is 11.1 Å². The van der Waals surface area contributed by atoms with Gasteiger partial charge in [0.1, 0.15) is 0 Å². The molecule has 0 aliphatic heterocycles. The molecule has 2 rings (SSSR count). The number of hydrogen-bond acceptors (Lipinski definition) is 4. The average Bonchev–Trinajstić information content (AvgIpc) is 2.46. The van der Waals surface area contributed by atoms with Crippen molar-refractivity contribution in [1.29, 1.82) is 0 Å². The van der Waals surface area contributed by atoms with Gasteiger partial charge in [0.05, 0.1) is 22.7 Å². The third-order valence-corrected chi connectivity index (χ3v) is 3.28. The fourth-order valence-corrected chi connectivity index (χ4v) is 2.20. The Morgan fingerprint density at radius 3 is 2.38 bits per heavy atom. The fraction of sp³-hybridized carbons (Fsp3) is 0.0714. The van der Waals surface area contributed by atoms with Gasteiger partial charge >= 0.3 is 5.97 Å². The summed E-state index contributed by atoms with van der Waals surface area (Å²) in [7, 11) is 1.27. The molecule has 0 saturated carbocycles. The minimum Gasteiger partial charge on any atom is -0.465 e. The zero-order valence-corrected chi connectivity index (χ0v) is 12.4. The van der Waals surface area contributed by atoms with Crippen LogP contribution in [0.15, 0.2) is 30.3 Å². The van der Waals surface area contributed by atoms with Crippen LogP contribution in [0.1, 0.15) is 10.4 Å². The zero-order valence-electron chi connectivity index (χ0n) is 10.9. The molecule has 0 unspecified atom stereocenters. The molecule has 0 heterocycles. The van der Waals surface area contributed by atoms with Gasteiger partial charge in [0.2, 0.25) is 0 Å². The van der Waals surface area contributed by atoms with Gasteiger partial charge in [-0.05, 0) is 30.3 Å². The smallest absolute Gasteiger partial charge is 0.340 e. The van der Waals surface area contributed by atoms with E-state index in [0.717, 1.165) is 0 Å². The summed E-state index contributed by atoms with van der Waals surface area (Å²) in [5, 5.41) is 2.75. The Morgan fingerprint density at radius 2 is 1.81 bits per heavy atom. The van der Waals surface area contributed by atoms with Gasteiger partial charge in [-0.25, -0.2) is 9.18 Å². The zero-order chi connectivity index (χ0) is 15.6. The number of ether oxygens (including phenoxy) is 1. The lowest BCUT2D eigenvalue weighted by Gasteiger charge is -2.11. The Morgan fingerprint density at radius 1 is 1.19 bits per heavy atom. The Hall–Kier alpha value is -1.98. The maximum atomic E-state index is 13.3. The summed E-state index contributed by atoms with van der Waals surface area (Å²) in [6, 6.07) is 7.51. The summed E-state index contributed by atoms with van der Waals surface area (Å²) in [6.07, 6.45) is 0. The Balaban J connectivity index is 2.34. The lowest BCUT2D eigenvalue weighted by atomic mass is 10.1. The van der Waals surface area contributed by atoms with E-state index in [1.807, 2.05) is 0 Å². The molecule has 0 fully saturated rings. The molecule has 3 N–H and O–H groups in total. The second-order valence-corrected chi connectivity index (χ2v) is 4.99. The molecule has 0 aliphatic rings. The molecule has 0 saturated heterocycles. The average molecular weight is 329 g/mol. The van der Waals surface area contributed by atoms with Gasteiger partial charge in [-0.1, -0.05) is 23.2 Å². The highest BCUT2D eigenvalue weighted by atomic mass is 35.5. The fourth-order valence-electron chi connectivity index (χ4n) is 1.72. The number of anilines is 3. The number of nitrogen functional groups attached to an aromatic ring is 1. The second kappa shape index (κ2) is 6.20. The number of halogens is 3. The summed E-state index contributed by atoms with van der Waals surface area (Å²) >= 11 is 11.4. The first kappa shape index (κ1) is 15.4. The number of nitrogens with two attached hydrogens (primary N) is 1. The van der Waals surface area contributed by atoms with E-state index in [-0.39, 0.29) is 15.6 Å². The second-order valence-electron chi connectivity index (χ2n) is 4.17. The quantitative estimate of drug-likeness (QED) is 0.502. The summed E-state index contributed by atoms with van der Waals surface area (Å²) < 4.78 is 18.0. The molecule has 4 nitrogen and oxygen atoms in total. The maximum absolute atomic E-state index is 13.3. The van der Waals surface area contributed by atoms with E-state index < -0.39 is 11.8 Å². The summed E-state index contributed by atoms with van der Waals surface area (Å²) in [5.41, 5.74) is 7.26. The molecule has 110 valence electrons. The molecule has 0 spiro atoms. The predicted octanol–water partition coefficient (Wildman–Crippen LogP) is 4.24. The van der Waals surface area contributed by atoms with Crippen LogP contribution in [0.4, 0.5) is 21.5 Å². The highest BCUT2D eigenvalue weighted by Gasteiger charge is 2.12. The van der Waals surface area contributed by atoms with Gasteiger partial charge in [-0.3, -0.25) is 0 Å². The number of methoxy groups -OCH3 is 1. The van der Waals surface area contributed by atoms with Crippen molar-refractivity contribution >= 4 is 46.2 Å². The summed E-state index contributed by atoms with van der Waals surface area (Å²) in [6.45, 7) is 0. The van der Waals surface area contributed by atoms with Gasteiger partial charge < -0.3 is 15.8 Å². The van der Waals surface area contributed by atoms with Crippen LogP contribution in [0.5, 0.6) is 0 Å². The third kappa shape index (κ3) is 3.37. The largest absolute Gasteiger partial charge is 0.465 e. The molecular formula is C14H11Cl2FN2O2. The third-order valence-electron chi connectivity index (χ3n) is 2.73. The van der Waals surface area contributed by atoms with Gasteiger partial charge in [-0.15, -0.1) is 0 Å².